The second-order valence-corrected chi connectivity index (χ2v) is 6.98. The monoisotopic (exact) mass is 415 g/mol. The Hall–Kier alpha value is -3.20. The van der Waals surface area contributed by atoms with Crippen molar-refractivity contribution in [1.82, 2.24) is 9.29 Å². The molecule has 0 saturated carbocycles. The van der Waals surface area contributed by atoms with Crippen LogP contribution >= 0.6 is 11.9 Å². The number of nitrogens with zero attached hydrogens (tertiary/aromatic N) is 2. The second kappa shape index (κ2) is 9.83. The van der Waals surface area contributed by atoms with E-state index in [4.69, 9.17) is 14.2 Å². The Morgan fingerprint density at radius 1 is 1.10 bits per heavy atom. The molecule has 1 aliphatic heterocycles. The number of nitrogens with one attached hydrogen (secondary N) is 1. The van der Waals surface area contributed by atoms with E-state index in [1.165, 1.54) is 11.9 Å². The Balaban J connectivity index is 1.82. The smallest absolute Gasteiger partial charge is 0.487 e. The van der Waals surface area contributed by atoms with E-state index < -0.39 is 6.16 Å². The van der Waals surface area contributed by atoms with Gasteiger partial charge in [0.1, 0.15) is 19.0 Å². The molecule has 1 aliphatic rings. The van der Waals surface area contributed by atoms with Gasteiger partial charge in [-0.2, -0.15) is 0 Å². The fraction of sp³-hybridized carbons (Fsp3) is 0.250. The molecule has 1 aromatic heterocycles. The highest BCUT2D eigenvalue weighted by molar-refractivity contribution is 7.97. The maximum Gasteiger partial charge on any atom is 0.508 e. The molecule has 0 aliphatic carbocycles. The van der Waals surface area contributed by atoms with Crippen molar-refractivity contribution in [3.8, 4) is 0 Å². The first-order valence-electron chi connectivity index (χ1n) is 9.00. The molecule has 0 spiro atoms. The zero-order valence-electron chi connectivity index (χ0n) is 16.1. The quantitative estimate of drug-likeness (QED) is 0.417. The molecule has 2 aromatic rings. The first-order valence-corrected chi connectivity index (χ1v) is 9.77. The maximum atomic E-state index is 13.0. The highest BCUT2D eigenvalue weighted by atomic mass is 32.2. The number of benzene rings is 1. The van der Waals surface area contributed by atoms with Gasteiger partial charge in [-0.15, -0.1) is 0 Å². The Bertz CT molecular complexity index is 904. The van der Waals surface area contributed by atoms with E-state index in [0.717, 1.165) is 10.5 Å². The Morgan fingerprint density at radius 3 is 2.66 bits per heavy atom. The molecule has 2 heterocycles. The molecule has 1 aromatic carbocycles. The van der Waals surface area contributed by atoms with E-state index in [1.54, 1.807) is 42.7 Å². The van der Waals surface area contributed by atoms with Crippen LogP contribution in [0.2, 0.25) is 0 Å². The van der Waals surface area contributed by atoms with E-state index >= 15 is 0 Å². The van der Waals surface area contributed by atoms with Crippen LogP contribution in [0.15, 0.2) is 59.3 Å². The summed E-state index contributed by atoms with van der Waals surface area (Å²) < 4.78 is 17.3. The van der Waals surface area contributed by atoms with E-state index in [2.05, 4.69) is 10.3 Å². The summed E-state index contributed by atoms with van der Waals surface area (Å²) in [5.74, 6) is 0.490. The first-order chi connectivity index (χ1) is 14.1. The van der Waals surface area contributed by atoms with Gasteiger partial charge in [0, 0.05) is 23.7 Å². The molecule has 152 valence electrons. The standard InChI is InChI=1S/C20H21N3O5S/c1-3-26-20(25)28-13-12-27-18-14-8-4-5-9-15(14)29-23(2)17(18)19(24)22-16-10-6-7-11-21-16/h4-11H,3,12-13H2,1-2H3,(H,21,22,24). The number of carbonyl (C=O) groups excluding carboxylic acids is 2. The van der Waals surface area contributed by atoms with Crippen LogP contribution in [0, 0.1) is 0 Å². The van der Waals surface area contributed by atoms with Gasteiger partial charge in [0.05, 0.1) is 6.61 Å². The summed E-state index contributed by atoms with van der Waals surface area (Å²) >= 11 is 1.42. The van der Waals surface area contributed by atoms with Crippen LogP contribution in [0.4, 0.5) is 10.6 Å². The lowest BCUT2D eigenvalue weighted by Crippen LogP contribution is -2.28. The van der Waals surface area contributed by atoms with Gasteiger partial charge in [-0.05, 0) is 43.1 Å². The van der Waals surface area contributed by atoms with Crippen molar-refractivity contribution in [2.24, 2.45) is 0 Å². The largest absolute Gasteiger partial charge is 0.508 e. The predicted octanol–water partition coefficient (Wildman–Crippen LogP) is 3.53. The molecule has 0 fully saturated rings. The fourth-order valence-corrected chi connectivity index (χ4v) is 3.58. The van der Waals surface area contributed by atoms with Crippen LogP contribution in [0.25, 0.3) is 5.76 Å². The summed E-state index contributed by atoms with van der Waals surface area (Å²) in [4.78, 5) is 29.4. The van der Waals surface area contributed by atoms with Gasteiger partial charge in [0.2, 0.25) is 0 Å². The van der Waals surface area contributed by atoms with E-state index in [0.29, 0.717) is 17.3 Å². The molecule has 29 heavy (non-hydrogen) atoms. The number of amides is 1. The number of hydrogen-bond donors (Lipinski definition) is 1. The highest BCUT2D eigenvalue weighted by Crippen LogP contribution is 2.40. The van der Waals surface area contributed by atoms with E-state index in [-0.39, 0.29) is 25.7 Å². The number of rotatable bonds is 7. The normalized spacial score (nSPS) is 12.8. The van der Waals surface area contributed by atoms with Crippen LogP contribution < -0.4 is 5.32 Å². The van der Waals surface area contributed by atoms with E-state index in [1.807, 2.05) is 24.3 Å². The number of pyridine rings is 1. The van der Waals surface area contributed by atoms with Crippen LogP contribution in [0.3, 0.4) is 0 Å². The molecule has 0 bridgehead atoms. The van der Waals surface area contributed by atoms with Gasteiger partial charge in [-0.3, -0.25) is 4.79 Å². The summed E-state index contributed by atoms with van der Waals surface area (Å²) in [6.07, 6.45) is 0.845. The molecule has 0 unspecified atom stereocenters. The van der Waals surface area contributed by atoms with Crippen molar-refractivity contribution in [3.63, 3.8) is 0 Å². The summed E-state index contributed by atoms with van der Waals surface area (Å²) in [6, 6.07) is 12.9. The lowest BCUT2D eigenvalue weighted by atomic mass is 10.1. The average molecular weight is 415 g/mol. The summed E-state index contributed by atoms with van der Waals surface area (Å²) in [5, 5.41) is 2.78. The van der Waals surface area contributed by atoms with Crippen LogP contribution in [-0.2, 0) is 19.0 Å². The molecule has 0 atom stereocenters. The molecule has 8 nitrogen and oxygen atoms in total. The van der Waals surface area contributed by atoms with Crippen molar-refractivity contribution in [2.75, 3.05) is 32.2 Å². The molecule has 0 radical (unpaired) electrons. The molecular formula is C20H21N3O5S. The Kier molecular flexibility index (Phi) is 6.96. The number of aromatic nitrogens is 1. The van der Waals surface area contributed by atoms with Crippen molar-refractivity contribution in [1.29, 1.82) is 0 Å². The Labute approximate surface area is 173 Å². The summed E-state index contributed by atoms with van der Waals surface area (Å²) in [5.41, 5.74) is 1.13. The second-order valence-electron chi connectivity index (χ2n) is 5.81. The van der Waals surface area contributed by atoms with Gasteiger partial charge >= 0.3 is 6.16 Å². The summed E-state index contributed by atoms with van der Waals surface area (Å²) in [7, 11) is 1.78. The minimum Gasteiger partial charge on any atom is -0.487 e. The minimum atomic E-state index is -0.755. The molecule has 0 saturated heterocycles. The third-order valence-electron chi connectivity index (χ3n) is 3.83. The SMILES string of the molecule is CCOC(=O)OCCOC1=C(C(=O)Nc2ccccn2)N(C)Sc2ccccc21. The predicted molar refractivity (Wildman–Crippen MR) is 109 cm³/mol. The number of ether oxygens (including phenoxy) is 3. The van der Waals surface area contributed by atoms with Gasteiger partial charge in [0.15, 0.2) is 11.5 Å². The number of likely N-dealkylation sites (N-methyl/N-ethyl adjacent to an activating group) is 1. The van der Waals surface area contributed by atoms with Gasteiger partial charge in [-0.1, -0.05) is 18.2 Å². The lowest BCUT2D eigenvalue weighted by molar-refractivity contribution is -0.113. The third kappa shape index (κ3) is 5.20. The van der Waals surface area contributed by atoms with Crippen LogP contribution in [0.5, 0.6) is 0 Å². The maximum absolute atomic E-state index is 13.0. The van der Waals surface area contributed by atoms with Gasteiger partial charge in [-0.25, -0.2) is 9.78 Å². The molecule has 1 N–H and O–H groups in total. The van der Waals surface area contributed by atoms with Gasteiger partial charge in [0.25, 0.3) is 5.91 Å². The number of fused-ring (bicyclic) bond motifs is 1. The van der Waals surface area contributed by atoms with Crippen molar-refractivity contribution in [3.05, 3.63) is 59.9 Å². The summed E-state index contributed by atoms with van der Waals surface area (Å²) in [6.45, 7) is 2.00. The van der Waals surface area contributed by atoms with E-state index in [9.17, 15) is 9.59 Å². The Morgan fingerprint density at radius 2 is 1.90 bits per heavy atom. The lowest BCUT2D eigenvalue weighted by Gasteiger charge is -2.29. The number of anilines is 1. The third-order valence-corrected chi connectivity index (χ3v) is 4.84. The van der Waals surface area contributed by atoms with Crippen LogP contribution in [0.1, 0.15) is 12.5 Å². The minimum absolute atomic E-state index is 0.00347. The molecule has 3 rings (SSSR count). The zero-order valence-corrected chi connectivity index (χ0v) is 16.9. The number of carbonyl (C=O) groups is 2. The van der Waals surface area contributed by atoms with Crippen molar-refractivity contribution < 1.29 is 23.8 Å². The van der Waals surface area contributed by atoms with Crippen molar-refractivity contribution in [2.45, 2.75) is 11.8 Å². The molecular weight excluding hydrogens is 394 g/mol. The topological polar surface area (TPSA) is 90.0 Å². The molecule has 9 heteroatoms. The van der Waals surface area contributed by atoms with Crippen LogP contribution in [-0.4, -0.2) is 48.2 Å². The van der Waals surface area contributed by atoms with Crippen molar-refractivity contribution >= 4 is 35.6 Å². The number of hydrogen-bond acceptors (Lipinski definition) is 8. The fourth-order valence-electron chi connectivity index (χ4n) is 2.63. The zero-order chi connectivity index (χ0) is 20.6. The first kappa shape index (κ1) is 20.5. The average Bonchev–Trinajstić information content (AvgIpc) is 2.71. The molecule has 1 amide bonds. The highest BCUT2D eigenvalue weighted by Gasteiger charge is 2.30. The van der Waals surface area contributed by atoms with Gasteiger partial charge < -0.3 is 23.8 Å².